The summed E-state index contributed by atoms with van der Waals surface area (Å²) in [6, 6.07) is 0. The van der Waals surface area contributed by atoms with Crippen LogP contribution in [0.5, 0.6) is 0 Å². The fourth-order valence-electron chi connectivity index (χ4n) is 2.54. The Morgan fingerprint density at radius 3 is 2.25 bits per heavy atom. The van der Waals surface area contributed by atoms with Crippen molar-refractivity contribution in [1.82, 2.24) is 0 Å². The number of hydrogen-bond acceptors (Lipinski definition) is 4. The highest BCUT2D eigenvalue weighted by Crippen LogP contribution is 2.37. The smallest absolute Gasteiger partial charge is 0.165 e. The summed E-state index contributed by atoms with van der Waals surface area (Å²) in [7, 11) is 0. The quantitative estimate of drug-likeness (QED) is 0.745. The van der Waals surface area contributed by atoms with Gasteiger partial charge in [0.1, 0.15) is 5.78 Å². The van der Waals surface area contributed by atoms with Gasteiger partial charge in [-0.05, 0) is 33.1 Å². The van der Waals surface area contributed by atoms with Crippen LogP contribution in [0.2, 0.25) is 0 Å². The minimum atomic E-state index is -0.557. The van der Waals surface area contributed by atoms with Crippen molar-refractivity contribution in [2.75, 3.05) is 13.2 Å². The second kappa shape index (κ2) is 7.53. The van der Waals surface area contributed by atoms with Crippen molar-refractivity contribution in [3.63, 3.8) is 0 Å². The summed E-state index contributed by atoms with van der Waals surface area (Å²) in [5.41, 5.74) is 0.154. The third-order valence-corrected chi connectivity index (χ3v) is 4.48. The van der Waals surface area contributed by atoms with E-state index in [1.54, 1.807) is 6.92 Å². The van der Waals surface area contributed by atoms with Crippen LogP contribution >= 0.6 is 0 Å². The number of ketones is 1. The molecule has 0 radical (unpaired) electrons. The average Bonchev–Trinajstić information content (AvgIpc) is 2.39. The van der Waals surface area contributed by atoms with Gasteiger partial charge in [0.2, 0.25) is 0 Å². The molecule has 1 atom stereocenters. The molecule has 0 aromatic rings. The van der Waals surface area contributed by atoms with Crippen LogP contribution in [0.25, 0.3) is 0 Å². The van der Waals surface area contributed by atoms with Crippen LogP contribution in [0, 0.1) is 5.41 Å². The summed E-state index contributed by atoms with van der Waals surface area (Å²) in [6.45, 7) is 9.42. The summed E-state index contributed by atoms with van der Waals surface area (Å²) in [5.74, 6) is -0.449. The van der Waals surface area contributed by atoms with Crippen molar-refractivity contribution >= 4 is 5.78 Å². The Morgan fingerprint density at radius 1 is 1.25 bits per heavy atom. The Bertz CT molecular complexity index is 298. The first-order valence-corrected chi connectivity index (χ1v) is 7.82. The van der Waals surface area contributed by atoms with E-state index in [1.807, 2.05) is 6.92 Å². The molecule has 1 aliphatic heterocycles. The van der Waals surface area contributed by atoms with Crippen LogP contribution in [0.1, 0.15) is 66.2 Å². The van der Waals surface area contributed by atoms with Gasteiger partial charge in [0.15, 0.2) is 5.79 Å². The Labute approximate surface area is 122 Å². The largest absolute Gasteiger partial charge is 0.393 e. The van der Waals surface area contributed by atoms with E-state index in [-0.39, 0.29) is 17.6 Å². The Balaban J connectivity index is 2.33. The third-order valence-electron chi connectivity index (χ3n) is 4.48. The molecule has 1 fully saturated rings. The van der Waals surface area contributed by atoms with Gasteiger partial charge in [-0.2, -0.15) is 0 Å². The van der Waals surface area contributed by atoms with Crippen molar-refractivity contribution in [3.05, 3.63) is 0 Å². The number of carbonyl (C=O) groups excluding carboxylic acids is 1. The molecule has 1 aliphatic rings. The summed E-state index contributed by atoms with van der Waals surface area (Å²) in [6.07, 6.45) is 3.77. The Morgan fingerprint density at radius 2 is 1.80 bits per heavy atom. The molecular weight excluding hydrogens is 256 g/mol. The molecule has 1 saturated heterocycles. The van der Waals surface area contributed by atoms with Gasteiger partial charge in [0, 0.05) is 24.7 Å². The maximum Gasteiger partial charge on any atom is 0.165 e. The van der Waals surface area contributed by atoms with Crippen LogP contribution in [-0.2, 0) is 14.3 Å². The normalized spacial score (nSPS) is 22.4. The number of rotatable bonds is 8. The van der Waals surface area contributed by atoms with Crippen LogP contribution in [0.4, 0.5) is 0 Å². The highest BCUT2D eigenvalue weighted by atomic mass is 16.7. The summed E-state index contributed by atoms with van der Waals surface area (Å²) >= 11 is 0. The molecule has 1 heterocycles. The second-order valence-electron chi connectivity index (χ2n) is 6.36. The molecule has 0 amide bonds. The van der Waals surface area contributed by atoms with Gasteiger partial charge in [-0.1, -0.05) is 13.8 Å². The number of Topliss-reactive ketones (excluding diaryl/α,β-unsaturated/α-hetero) is 1. The summed E-state index contributed by atoms with van der Waals surface area (Å²) in [4.78, 5) is 11.6. The van der Waals surface area contributed by atoms with Crippen molar-refractivity contribution in [2.45, 2.75) is 78.1 Å². The minimum absolute atomic E-state index is 0.107. The molecule has 0 spiro atoms. The molecular formula is C16H30O4. The molecule has 4 heteroatoms. The second-order valence-corrected chi connectivity index (χ2v) is 6.36. The van der Waals surface area contributed by atoms with E-state index in [2.05, 4.69) is 13.8 Å². The molecule has 0 aromatic heterocycles. The first-order valence-electron chi connectivity index (χ1n) is 7.82. The molecule has 0 bridgehead atoms. The molecule has 20 heavy (non-hydrogen) atoms. The Kier molecular flexibility index (Phi) is 6.62. The molecule has 0 unspecified atom stereocenters. The highest BCUT2D eigenvalue weighted by molar-refractivity contribution is 5.78. The van der Waals surface area contributed by atoms with Crippen molar-refractivity contribution in [3.8, 4) is 0 Å². The standard InChI is InChI=1S/C16H30O4/c1-5-16(6-2)11-19-15(4,20-12-16)9-7-8-14(18)10-13(3)17/h13,17H,5-12H2,1-4H3/t13-/m0/s1. The maximum atomic E-state index is 11.6. The SMILES string of the molecule is CCC1(CC)COC(C)(CCCC(=O)C[C@H](C)O)OC1. The lowest BCUT2D eigenvalue weighted by molar-refractivity contribution is -0.298. The zero-order valence-electron chi connectivity index (χ0n) is 13.4. The third kappa shape index (κ3) is 5.15. The maximum absolute atomic E-state index is 11.6. The first-order chi connectivity index (χ1) is 9.35. The number of ether oxygens (including phenoxy) is 2. The van der Waals surface area contributed by atoms with Crippen LogP contribution < -0.4 is 0 Å². The van der Waals surface area contributed by atoms with Crippen LogP contribution in [-0.4, -0.2) is 36.0 Å². The lowest BCUT2D eigenvalue weighted by Gasteiger charge is -2.44. The van der Waals surface area contributed by atoms with Gasteiger partial charge in [-0.3, -0.25) is 4.79 Å². The predicted octanol–water partition coefficient (Wildman–Crippen LogP) is 3.07. The summed E-state index contributed by atoms with van der Waals surface area (Å²) < 4.78 is 11.9. The number of hydrogen-bond donors (Lipinski definition) is 1. The lowest BCUT2D eigenvalue weighted by Crippen LogP contribution is -2.47. The molecule has 118 valence electrons. The van der Waals surface area contributed by atoms with E-state index in [1.165, 1.54) is 0 Å². The average molecular weight is 286 g/mol. The van der Waals surface area contributed by atoms with E-state index >= 15 is 0 Å². The minimum Gasteiger partial charge on any atom is -0.393 e. The lowest BCUT2D eigenvalue weighted by atomic mass is 9.83. The number of carbonyl (C=O) groups is 1. The van der Waals surface area contributed by atoms with Gasteiger partial charge < -0.3 is 14.6 Å². The van der Waals surface area contributed by atoms with Gasteiger partial charge in [0.05, 0.1) is 19.3 Å². The predicted molar refractivity (Wildman–Crippen MR) is 78.5 cm³/mol. The fraction of sp³-hybridized carbons (Fsp3) is 0.938. The zero-order valence-corrected chi connectivity index (χ0v) is 13.4. The molecule has 4 nitrogen and oxygen atoms in total. The number of aliphatic hydroxyl groups excluding tert-OH is 1. The van der Waals surface area contributed by atoms with Crippen molar-refractivity contribution in [2.24, 2.45) is 5.41 Å². The number of aliphatic hydroxyl groups is 1. The van der Waals surface area contributed by atoms with Crippen LogP contribution in [0.15, 0.2) is 0 Å². The molecule has 1 N–H and O–H groups in total. The zero-order chi connectivity index (χ0) is 15.2. The highest BCUT2D eigenvalue weighted by Gasteiger charge is 2.39. The molecule has 0 aliphatic carbocycles. The molecule has 0 aromatic carbocycles. The van der Waals surface area contributed by atoms with Crippen LogP contribution in [0.3, 0.4) is 0 Å². The topological polar surface area (TPSA) is 55.8 Å². The first kappa shape index (κ1) is 17.6. The van der Waals surface area contributed by atoms with Crippen molar-refractivity contribution < 1.29 is 19.4 Å². The van der Waals surface area contributed by atoms with E-state index in [0.717, 1.165) is 38.9 Å². The molecule has 1 rings (SSSR count). The monoisotopic (exact) mass is 286 g/mol. The fourth-order valence-corrected chi connectivity index (χ4v) is 2.54. The van der Waals surface area contributed by atoms with E-state index in [0.29, 0.717) is 6.42 Å². The van der Waals surface area contributed by atoms with Gasteiger partial charge in [0.25, 0.3) is 0 Å². The van der Waals surface area contributed by atoms with E-state index in [4.69, 9.17) is 14.6 Å². The summed E-state index contributed by atoms with van der Waals surface area (Å²) in [5, 5.41) is 9.16. The van der Waals surface area contributed by atoms with Gasteiger partial charge in [-0.15, -0.1) is 0 Å². The van der Waals surface area contributed by atoms with Gasteiger partial charge >= 0.3 is 0 Å². The van der Waals surface area contributed by atoms with Crippen molar-refractivity contribution in [1.29, 1.82) is 0 Å². The Hall–Kier alpha value is -0.450. The van der Waals surface area contributed by atoms with E-state index < -0.39 is 11.9 Å². The van der Waals surface area contributed by atoms with Gasteiger partial charge in [-0.25, -0.2) is 0 Å². The molecule has 0 saturated carbocycles. The van der Waals surface area contributed by atoms with E-state index in [9.17, 15) is 4.79 Å².